The smallest absolute Gasteiger partial charge is 0.422 e. The predicted molar refractivity (Wildman–Crippen MR) is 109 cm³/mol. The first-order valence-corrected chi connectivity index (χ1v) is 9.90. The maximum Gasteiger partial charge on any atom is 0.422 e. The quantitative estimate of drug-likeness (QED) is 0.486. The number of hydrogen-bond donors (Lipinski definition) is 1. The Kier molecular flexibility index (Phi) is 6.22. The van der Waals surface area contributed by atoms with E-state index in [9.17, 15) is 36.2 Å². The number of alkyl halides is 5. The van der Waals surface area contributed by atoms with Crippen molar-refractivity contribution in [2.24, 2.45) is 0 Å². The fraction of sp³-hybridized carbons (Fsp3) is 0.217. The molecule has 0 spiro atoms. The molecule has 1 N–H and O–H groups in total. The van der Waals surface area contributed by atoms with Gasteiger partial charge in [0.15, 0.2) is 6.61 Å². The third kappa shape index (κ3) is 4.69. The highest BCUT2D eigenvalue weighted by molar-refractivity contribution is 6.11. The molecule has 178 valence electrons. The van der Waals surface area contributed by atoms with Gasteiger partial charge in [-0.3, -0.25) is 9.78 Å². The minimum Gasteiger partial charge on any atom is -0.483 e. The van der Waals surface area contributed by atoms with Crippen molar-refractivity contribution in [2.45, 2.75) is 25.3 Å². The van der Waals surface area contributed by atoms with Crippen molar-refractivity contribution in [1.29, 1.82) is 0 Å². The summed E-state index contributed by atoms with van der Waals surface area (Å²) in [5.41, 5.74) is 1.16. The monoisotopic (exact) mass is 482 g/mol. The van der Waals surface area contributed by atoms with Gasteiger partial charge in [-0.05, 0) is 35.9 Å². The molecule has 1 aliphatic rings. The standard InChI is InChI=1S/C23H16F6N2O3/c24-13-3-6-16(18(9-13)34-11-23(27,28)29)19-17-10-31(22(33)15(17)7-8-30-19)14-4-1-12(2-5-14)20(32)21(25)26/h1-9,20-21,32H,10-11H2/t20-/m1/s1. The van der Waals surface area contributed by atoms with Gasteiger partial charge in [0.1, 0.15) is 17.7 Å². The number of aromatic nitrogens is 1. The van der Waals surface area contributed by atoms with Gasteiger partial charge in [-0.1, -0.05) is 12.1 Å². The van der Waals surface area contributed by atoms with E-state index in [2.05, 4.69) is 4.98 Å². The molecule has 0 fully saturated rings. The van der Waals surface area contributed by atoms with E-state index in [0.717, 1.165) is 12.1 Å². The van der Waals surface area contributed by atoms with Crippen molar-refractivity contribution in [1.82, 2.24) is 4.98 Å². The van der Waals surface area contributed by atoms with Crippen molar-refractivity contribution in [3.05, 3.63) is 77.2 Å². The molecule has 0 unspecified atom stereocenters. The van der Waals surface area contributed by atoms with Crippen LogP contribution >= 0.6 is 0 Å². The van der Waals surface area contributed by atoms with Gasteiger partial charge in [0.05, 0.1) is 12.2 Å². The SMILES string of the molecule is O=C1c2ccnc(-c3ccc(F)cc3OCC(F)(F)F)c2CN1c1ccc([C@@H](O)C(F)F)cc1. The highest BCUT2D eigenvalue weighted by atomic mass is 19.4. The first kappa shape index (κ1) is 23.6. The molecular formula is C23H16F6N2O3. The van der Waals surface area contributed by atoms with Gasteiger partial charge in [-0.15, -0.1) is 0 Å². The van der Waals surface area contributed by atoms with E-state index in [1.165, 1.54) is 47.5 Å². The van der Waals surface area contributed by atoms with Crippen LogP contribution in [0.3, 0.4) is 0 Å². The van der Waals surface area contributed by atoms with Crippen molar-refractivity contribution in [2.75, 3.05) is 11.5 Å². The van der Waals surface area contributed by atoms with E-state index >= 15 is 0 Å². The average Bonchev–Trinajstić information content (AvgIpc) is 3.13. The summed E-state index contributed by atoms with van der Waals surface area (Å²) in [6.07, 6.45) is -8.28. The van der Waals surface area contributed by atoms with Gasteiger partial charge in [0.25, 0.3) is 12.3 Å². The minimum absolute atomic E-state index is 0.0236. The molecule has 2 heterocycles. The Morgan fingerprint density at radius 3 is 2.41 bits per heavy atom. The number of amides is 1. The van der Waals surface area contributed by atoms with Crippen LogP contribution in [-0.2, 0) is 6.54 Å². The molecule has 4 rings (SSSR count). The van der Waals surface area contributed by atoms with E-state index in [0.29, 0.717) is 11.3 Å². The summed E-state index contributed by atoms with van der Waals surface area (Å²) in [6.45, 7) is -1.66. The molecule has 2 aromatic carbocycles. The van der Waals surface area contributed by atoms with Crippen molar-refractivity contribution in [3.8, 4) is 17.0 Å². The maximum atomic E-state index is 13.7. The van der Waals surface area contributed by atoms with Crippen LogP contribution in [0.4, 0.5) is 32.0 Å². The summed E-state index contributed by atoms with van der Waals surface area (Å²) >= 11 is 0. The predicted octanol–water partition coefficient (Wildman–Crippen LogP) is 5.29. The molecule has 0 radical (unpaired) electrons. The number of carbonyl (C=O) groups is 1. The molecule has 0 bridgehead atoms. The lowest BCUT2D eigenvalue weighted by molar-refractivity contribution is -0.153. The van der Waals surface area contributed by atoms with Crippen LogP contribution in [0.25, 0.3) is 11.3 Å². The highest BCUT2D eigenvalue weighted by Crippen LogP contribution is 2.38. The number of nitrogens with zero attached hydrogens (tertiary/aromatic N) is 2. The summed E-state index contributed by atoms with van der Waals surface area (Å²) in [5, 5.41) is 9.50. The Morgan fingerprint density at radius 2 is 1.76 bits per heavy atom. The Labute approximate surface area is 189 Å². The fourth-order valence-corrected chi connectivity index (χ4v) is 3.64. The number of halogens is 6. The van der Waals surface area contributed by atoms with Crippen molar-refractivity contribution < 1.29 is 41.0 Å². The second kappa shape index (κ2) is 8.98. The third-order valence-electron chi connectivity index (χ3n) is 5.22. The zero-order valence-corrected chi connectivity index (χ0v) is 17.2. The number of rotatable bonds is 6. The molecule has 1 aliphatic heterocycles. The van der Waals surface area contributed by atoms with Gasteiger partial charge < -0.3 is 14.7 Å². The number of ether oxygens (including phenoxy) is 1. The first-order chi connectivity index (χ1) is 16.0. The molecule has 1 amide bonds. The number of benzene rings is 2. The van der Waals surface area contributed by atoms with E-state index in [4.69, 9.17) is 4.74 Å². The molecule has 1 atom stereocenters. The summed E-state index contributed by atoms with van der Waals surface area (Å²) in [7, 11) is 0. The number of aliphatic hydroxyl groups excluding tert-OH is 1. The average molecular weight is 482 g/mol. The fourth-order valence-electron chi connectivity index (χ4n) is 3.64. The summed E-state index contributed by atoms with van der Waals surface area (Å²) < 4.78 is 82.0. The van der Waals surface area contributed by atoms with Crippen LogP contribution in [0.2, 0.25) is 0 Å². The molecule has 0 saturated heterocycles. The van der Waals surface area contributed by atoms with Gasteiger partial charge in [-0.25, -0.2) is 13.2 Å². The highest BCUT2D eigenvalue weighted by Gasteiger charge is 2.33. The Bertz CT molecular complexity index is 1210. The number of anilines is 1. The number of carbonyl (C=O) groups excluding carboxylic acids is 1. The first-order valence-electron chi connectivity index (χ1n) is 9.90. The van der Waals surface area contributed by atoms with Crippen LogP contribution in [0.1, 0.15) is 27.6 Å². The van der Waals surface area contributed by atoms with Crippen molar-refractivity contribution in [3.63, 3.8) is 0 Å². The van der Waals surface area contributed by atoms with E-state index in [-0.39, 0.29) is 34.7 Å². The van der Waals surface area contributed by atoms with Gasteiger partial charge >= 0.3 is 6.18 Å². The summed E-state index contributed by atoms with van der Waals surface area (Å²) in [5.74, 6) is -1.63. The number of pyridine rings is 1. The molecule has 0 aliphatic carbocycles. The molecule has 11 heteroatoms. The lowest BCUT2D eigenvalue weighted by atomic mass is 10.0. The second-order valence-electron chi connectivity index (χ2n) is 7.49. The number of fused-ring (bicyclic) bond motifs is 1. The largest absolute Gasteiger partial charge is 0.483 e. The molecule has 34 heavy (non-hydrogen) atoms. The van der Waals surface area contributed by atoms with Gasteiger partial charge in [0, 0.05) is 34.6 Å². The summed E-state index contributed by atoms with van der Waals surface area (Å²) in [4.78, 5) is 18.5. The van der Waals surface area contributed by atoms with Crippen molar-refractivity contribution >= 4 is 11.6 Å². The van der Waals surface area contributed by atoms with E-state index in [1.807, 2.05) is 0 Å². The third-order valence-corrected chi connectivity index (χ3v) is 5.22. The van der Waals surface area contributed by atoms with Crippen LogP contribution in [0.5, 0.6) is 5.75 Å². The lowest BCUT2D eigenvalue weighted by Crippen LogP contribution is -2.23. The van der Waals surface area contributed by atoms with E-state index < -0.39 is 37.0 Å². The van der Waals surface area contributed by atoms with Gasteiger partial charge in [0.2, 0.25) is 0 Å². The number of aliphatic hydroxyl groups is 1. The molecular weight excluding hydrogens is 466 g/mol. The molecule has 3 aromatic rings. The Hall–Kier alpha value is -3.60. The van der Waals surface area contributed by atoms with Crippen LogP contribution < -0.4 is 9.64 Å². The minimum atomic E-state index is -4.65. The summed E-state index contributed by atoms with van der Waals surface area (Å²) in [6, 6.07) is 9.84. The Balaban J connectivity index is 1.68. The Morgan fingerprint density at radius 1 is 1.06 bits per heavy atom. The van der Waals surface area contributed by atoms with Crippen LogP contribution in [-0.4, -0.2) is 35.2 Å². The molecule has 0 saturated carbocycles. The topological polar surface area (TPSA) is 62.7 Å². The lowest BCUT2D eigenvalue weighted by Gasteiger charge is -2.18. The second-order valence-corrected chi connectivity index (χ2v) is 7.49. The molecule has 1 aromatic heterocycles. The molecule has 5 nitrogen and oxygen atoms in total. The van der Waals surface area contributed by atoms with Crippen LogP contribution in [0, 0.1) is 5.82 Å². The zero-order chi connectivity index (χ0) is 24.6. The number of hydrogen-bond acceptors (Lipinski definition) is 4. The maximum absolute atomic E-state index is 13.7. The normalized spacial score (nSPS) is 14.5. The van der Waals surface area contributed by atoms with E-state index in [1.54, 1.807) is 0 Å². The van der Waals surface area contributed by atoms with Gasteiger partial charge in [-0.2, -0.15) is 13.2 Å². The zero-order valence-electron chi connectivity index (χ0n) is 17.2. The van der Waals surface area contributed by atoms with Crippen LogP contribution in [0.15, 0.2) is 54.7 Å².